The summed E-state index contributed by atoms with van der Waals surface area (Å²) in [5, 5.41) is 5.88. The highest BCUT2D eigenvalue weighted by Gasteiger charge is 2.12. The lowest BCUT2D eigenvalue weighted by molar-refractivity contribution is 0.102. The second-order valence-corrected chi connectivity index (χ2v) is 8.04. The molecule has 1 aromatic heterocycles. The Morgan fingerprint density at radius 1 is 0.935 bits per heavy atom. The van der Waals surface area contributed by atoms with Gasteiger partial charge in [-0.2, -0.15) is 0 Å². The van der Waals surface area contributed by atoms with E-state index in [4.69, 9.17) is 27.6 Å². The van der Waals surface area contributed by atoms with Gasteiger partial charge in [-0.05, 0) is 46.7 Å². The van der Waals surface area contributed by atoms with Crippen LogP contribution < -0.4 is 5.32 Å². The zero-order chi connectivity index (χ0) is 21.4. The third-order valence-electron chi connectivity index (χ3n) is 5.06. The smallest absolute Gasteiger partial charge is 0.256 e. The standard InChI is InChI=1S/C25H16Cl2N2O2/c26-17-13-21(27)24-22(14-17)29-23(31-24)12-15-8-10-18(11-9-15)28-25(30)20-7-3-5-16-4-1-2-6-19(16)20/h1-11,13-14H,12H2,(H,28,30). The summed E-state index contributed by atoms with van der Waals surface area (Å²) in [6.07, 6.45) is 0.500. The summed E-state index contributed by atoms with van der Waals surface area (Å²) in [5.41, 5.74) is 3.52. The first kappa shape index (κ1) is 19.6. The molecule has 0 saturated heterocycles. The zero-order valence-electron chi connectivity index (χ0n) is 16.2. The average molecular weight is 447 g/mol. The maximum absolute atomic E-state index is 12.8. The van der Waals surface area contributed by atoms with E-state index in [1.54, 1.807) is 12.1 Å². The molecule has 0 radical (unpaired) electrons. The van der Waals surface area contributed by atoms with Gasteiger partial charge in [0.2, 0.25) is 0 Å². The van der Waals surface area contributed by atoms with Gasteiger partial charge in [-0.15, -0.1) is 0 Å². The predicted octanol–water partition coefficient (Wildman–Crippen LogP) is 7.13. The van der Waals surface area contributed by atoms with Crippen LogP contribution in [0.15, 0.2) is 83.3 Å². The minimum atomic E-state index is -0.143. The van der Waals surface area contributed by atoms with Crippen LogP contribution >= 0.6 is 23.2 Å². The number of nitrogens with one attached hydrogen (secondary N) is 1. The fourth-order valence-electron chi connectivity index (χ4n) is 3.58. The van der Waals surface area contributed by atoms with Gasteiger partial charge in [0.15, 0.2) is 11.5 Å². The Morgan fingerprint density at radius 3 is 2.55 bits per heavy atom. The zero-order valence-corrected chi connectivity index (χ0v) is 17.7. The Kier molecular flexibility index (Phi) is 5.10. The van der Waals surface area contributed by atoms with Crippen LogP contribution in [0, 0.1) is 0 Å². The number of hydrogen-bond acceptors (Lipinski definition) is 3. The second kappa shape index (κ2) is 8.06. The lowest BCUT2D eigenvalue weighted by Gasteiger charge is -2.09. The number of amides is 1. The SMILES string of the molecule is O=C(Nc1ccc(Cc2nc3cc(Cl)cc(Cl)c3o2)cc1)c1cccc2ccccc12. The van der Waals surface area contributed by atoms with Crippen LogP contribution in [0.4, 0.5) is 5.69 Å². The van der Waals surface area contributed by atoms with E-state index in [9.17, 15) is 4.79 Å². The topological polar surface area (TPSA) is 55.1 Å². The van der Waals surface area contributed by atoms with Crippen molar-refractivity contribution in [1.82, 2.24) is 4.98 Å². The van der Waals surface area contributed by atoms with Crippen LogP contribution in [0.5, 0.6) is 0 Å². The van der Waals surface area contributed by atoms with Crippen LogP contribution in [0.25, 0.3) is 21.9 Å². The molecule has 0 spiro atoms. The van der Waals surface area contributed by atoms with Crippen molar-refractivity contribution < 1.29 is 9.21 Å². The molecule has 6 heteroatoms. The van der Waals surface area contributed by atoms with Gasteiger partial charge in [0.1, 0.15) is 5.52 Å². The summed E-state index contributed by atoms with van der Waals surface area (Å²) in [6, 6.07) is 24.5. The number of nitrogens with zero attached hydrogens (tertiary/aromatic N) is 1. The van der Waals surface area contributed by atoms with Crippen LogP contribution in [-0.2, 0) is 6.42 Å². The Hall–Kier alpha value is -3.34. The minimum Gasteiger partial charge on any atom is -0.439 e. The average Bonchev–Trinajstić information content (AvgIpc) is 3.17. The molecular formula is C25H16Cl2N2O2. The normalized spacial score (nSPS) is 11.2. The molecule has 0 aliphatic rings. The maximum Gasteiger partial charge on any atom is 0.256 e. The van der Waals surface area contributed by atoms with E-state index in [1.807, 2.05) is 66.7 Å². The first-order valence-corrected chi connectivity index (χ1v) is 10.4. The molecule has 1 N–H and O–H groups in total. The largest absolute Gasteiger partial charge is 0.439 e. The number of oxazole rings is 1. The highest BCUT2D eigenvalue weighted by atomic mass is 35.5. The Labute approximate surface area is 188 Å². The number of rotatable bonds is 4. The molecule has 31 heavy (non-hydrogen) atoms. The second-order valence-electron chi connectivity index (χ2n) is 7.20. The number of hydrogen-bond donors (Lipinski definition) is 1. The van der Waals surface area contributed by atoms with Crippen molar-refractivity contribution in [3.63, 3.8) is 0 Å². The molecule has 4 aromatic carbocycles. The van der Waals surface area contributed by atoms with Crippen molar-refractivity contribution in [2.75, 3.05) is 5.32 Å². The van der Waals surface area contributed by atoms with Gasteiger partial charge >= 0.3 is 0 Å². The third kappa shape index (κ3) is 4.00. The van der Waals surface area contributed by atoms with Crippen LogP contribution in [-0.4, -0.2) is 10.9 Å². The van der Waals surface area contributed by atoms with Gasteiger partial charge in [0.25, 0.3) is 5.91 Å². The molecule has 5 aromatic rings. The molecule has 0 atom stereocenters. The molecule has 1 heterocycles. The van der Waals surface area contributed by atoms with E-state index >= 15 is 0 Å². The number of benzene rings is 4. The quantitative estimate of drug-likeness (QED) is 0.319. The molecule has 0 aliphatic heterocycles. The van der Waals surface area contributed by atoms with Crippen molar-refractivity contribution in [3.05, 3.63) is 106 Å². The number of halogens is 2. The van der Waals surface area contributed by atoms with E-state index in [2.05, 4.69) is 10.3 Å². The monoisotopic (exact) mass is 446 g/mol. The molecule has 0 aliphatic carbocycles. The molecule has 0 saturated carbocycles. The first-order chi connectivity index (χ1) is 15.1. The first-order valence-electron chi connectivity index (χ1n) is 9.69. The number of carbonyl (C=O) groups is 1. The highest BCUT2D eigenvalue weighted by molar-refractivity contribution is 6.37. The molecule has 152 valence electrons. The van der Waals surface area contributed by atoms with E-state index in [1.165, 1.54) is 0 Å². The van der Waals surface area contributed by atoms with E-state index in [0.29, 0.717) is 44.7 Å². The highest BCUT2D eigenvalue weighted by Crippen LogP contribution is 2.29. The molecule has 0 unspecified atom stereocenters. The van der Waals surface area contributed by atoms with Gasteiger partial charge in [-0.25, -0.2) is 4.98 Å². The van der Waals surface area contributed by atoms with Gasteiger partial charge in [0.05, 0.1) is 5.02 Å². The van der Waals surface area contributed by atoms with E-state index < -0.39 is 0 Å². The van der Waals surface area contributed by atoms with E-state index in [-0.39, 0.29) is 5.91 Å². The molecule has 5 rings (SSSR count). The summed E-state index contributed by atoms with van der Waals surface area (Å²) < 4.78 is 5.78. The van der Waals surface area contributed by atoms with Gasteiger partial charge < -0.3 is 9.73 Å². The summed E-state index contributed by atoms with van der Waals surface area (Å²) in [7, 11) is 0. The fraction of sp³-hybridized carbons (Fsp3) is 0.0400. The molecule has 4 nitrogen and oxygen atoms in total. The van der Waals surface area contributed by atoms with Crippen molar-refractivity contribution in [2.24, 2.45) is 0 Å². The van der Waals surface area contributed by atoms with Crippen molar-refractivity contribution in [3.8, 4) is 0 Å². The maximum atomic E-state index is 12.8. The summed E-state index contributed by atoms with van der Waals surface area (Å²) >= 11 is 12.2. The lowest BCUT2D eigenvalue weighted by atomic mass is 10.0. The summed E-state index contributed by atoms with van der Waals surface area (Å²) in [4.78, 5) is 17.3. The summed E-state index contributed by atoms with van der Waals surface area (Å²) in [6.45, 7) is 0. The van der Waals surface area contributed by atoms with Crippen LogP contribution in [0.2, 0.25) is 10.0 Å². The van der Waals surface area contributed by atoms with Gasteiger partial charge in [-0.1, -0.05) is 71.7 Å². The molecule has 0 bridgehead atoms. The predicted molar refractivity (Wildman–Crippen MR) is 125 cm³/mol. The van der Waals surface area contributed by atoms with Crippen molar-refractivity contribution in [2.45, 2.75) is 6.42 Å². The fourth-order valence-corrected chi connectivity index (χ4v) is 4.11. The third-order valence-corrected chi connectivity index (χ3v) is 5.55. The number of anilines is 1. The number of fused-ring (bicyclic) bond motifs is 2. The molecular weight excluding hydrogens is 431 g/mol. The molecule has 1 amide bonds. The van der Waals surface area contributed by atoms with Gasteiger partial charge in [0, 0.05) is 22.7 Å². The number of carbonyl (C=O) groups excluding carboxylic acids is 1. The Balaban J connectivity index is 1.33. The summed E-state index contributed by atoms with van der Waals surface area (Å²) in [5.74, 6) is 0.404. The van der Waals surface area contributed by atoms with Crippen molar-refractivity contribution in [1.29, 1.82) is 0 Å². The minimum absolute atomic E-state index is 0.143. The van der Waals surface area contributed by atoms with E-state index in [0.717, 1.165) is 16.3 Å². The Morgan fingerprint density at radius 2 is 1.71 bits per heavy atom. The lowest BCUT2D eigenvalue weighted by Crippen LogP contribution is -2.12. The van der Waals surface area contributed by atoms with Crippen molar-refractivity contribution >= 4 is 56.7 Å². The van der Waals surface area contributed by atoms with Crippen LogP contribution in [0.1, 0.15) is 21.8 Å². The number of aromatic nitrogens is 1. The Bertz CT molecular complexity index is 1420. The molecule has 0 fully saturated rings. The van der Waals surface area contributed by atoms with Gasteiger partial charge in [-0.3, -0.25) is 4.79 Å². The van der Waals surface area contributed by atoms with Crippen LogP contribution in [0.3, 0.4) is 0 Å².